The molecule has 7 heavy (non-hydrogen) atoms. The van der Waals surface area contributed by atoms with Gasteiger partial charge in [0.15, 0.2) is 0 Å². The molecule has 0 aromatic carbocycles. The van der Waals surface area contributed by atoms with Gasteiger partial charge in [0.1, 0.15) is 0 Å². The molecule has 0 aromatic rings. The Bertz CT molecular complexity index is 51.4. The van der Waals surface area contributed by atoms with Gasteiger partial charge in [-0.1, -0.05) is 0 Å². The molecule has 0 heterocycles. The maximum atomic E-state index is 11.1. The third kappa shape index (κ3) is 6.37. The van der Waals surface area contributed by atoms with Crippen LogP contribution in [0.4, 0.5) is 9.95 Å². The Kier molecular flexibility index (Phi) is 2.76. The van der Waals surface area contributed by atoms with E-state index in [0.29, 0.717) is 0 Å². The summed E-state index contributed by atoms with van der Waals surface area (Å²) in [5, 5.41) is 0. The van der Waals surface area contributed by atoms with Gasteiger partial charge in [-0.3, -0.25) is 0 Å². The molecule has 0 spiro atoms. The van der Waals surface area contributed by atoms with Crippen molar-refractivity contribution in [2.75, 3.05) is 6.61 Å². The second kappa shape index (κ2) is 2.62. The summed E-state index contributed by atoms with van der Waals surface area (Å²) in [6.07, 6.45) is 0. The zero-order valence-corrected chi connectivity index (χ0v) is 6.92. The van der Waals surface area contributed by atoms with Crippen molar-refractivity contribution >= 4 is 0 Å². The summed E-state index contributed by atoms with van der Waals surface area (Å²) < 4.78 is 36.6. The van der Waals surface area contributed by atoms with Gasteiger partial charge in [-0.05, 0) is 0 Å². The summed E-state index contributed by atoms with van der Waals surface area (Å²) in [6.45, 7) is 1.12. The number of hydrogen-bond donors (Lipinski definition) is 0. The van der Waals surface area contributed by atoms with Crippen LogP contribution in [0.15, 0.2) is 0 Å². The predicted octanol–water partition coefficient (Wildman–Crippen LogP) is 1.75. The Morgan fingerprint density at radius 2 is 1.86 bits per heavy atom. The molecule has 0 radical (unpaired) electrons. The summed E-state index contributed by atoms with van der Waals surface area (Å²) in [5.74, 6) is 0. The van der Waals surface area contributed by atoms with Crippen molar-refractivity contribution < 1.29 is 30.1 Å². The van der Waals surface area contributed by atoms with E-state index in [-0.39, 0.29) is 6.61 Å². The van der Waals surface area contributed by atoms with Gasteiger partial charge in [0.25, 0.3) is 0 Å². The number of hydrogen-bond acceptors (Lipinski definition) is 1. The topological polar surface area (TPSA) is 9.23 Å². The zero-order valence-electron chi connectivity index (χ0n) is 3.96. The van der Waals surface area contributed by atoms with Crippen LogP contribution in [0.5, 0.6) is 0 Å². The van der Waals surface area contributed by atoms with Gasteiger partial charge in [-0.15, -0.1) is 0 Å². The molecule has 0 fully saturated rings. The van der Waals surface area contributed by atoms with Crippen LogP contribution in [0.1, 0.15) is 6.92 Å². The molecule has 0 rings (SSSR count). The quantitative estimate of drug-likeness (QED) is 0.570. The average Bonchev–Trinajstić information content (AvgIpc) is 1.30. The van der Waals surface area contributed by atoms with E-state index in [1.54, 1.807) is 0 Å². The average molecular weight is 167 g/mol. The molecule has 0 saturated heterocycles. The standard InChI is InChI=1S/C2H5O.3FH.Zn/c1-2-3;;;;/h2H2,1H3;3*1H;/q-1;;;;+4/p-3. The first-order valence-electron chi connectivity index (χ1n) is 2.09. The molecule has 42 valence electrons. The Labute approximate surface area is 44.4 Å². The van der Waals surface area contributed by atoms with E-state index >= 15 is 0 Å². The molecule has 0 aromatic heterocycles. The van der Waals surface area contributed by atoms with E-state index in [4.69, 9.17) is 0 Å². The van der Waals surface area contributed by atoms with Gasteiger partial charge in [0.2, 0.25) is 0 Å². The molecule has 1 nitrogen and oxygen atoms in total. The fourth-order valence-electron chi connectivity index (χ4n) is 0.231. The Hall–Kier alpha value is 0.373. The van der Waals surface area contributed by atoms with Crippen LogP contribution in [0.2, 0.25) is 0 Å². The first kappa shape index (κ1) is 7.37. The molecule has 5 heteroatoms. The monoisotopic (exact) mass is 166 g/mol. The van der Waals surface area contributed by atoms with Crippen LogP contribution in [0.3, 0.4) is 0 Å². The molecule has 0 aliphatic carbocycles. The summed E-state index contributed by atoms with van der Waals surface area (Å²) in [4.78, 5) is 0. The normalized spacial score (nSPS) is 9.71. The SMILES string of the molecule is CC[O][Zn]([F])([F])[F]. The van der Waals surface area contributed by atoms with Crippen molar-refractivity contribution in [1.29, 1.82) is 0 Å². The van der Waals surface area contributed by atoms with Crippen molar-refractivity contribution in [2.24, 2.45) is 0 Å². The third-order valence-corrected chi connectivity index (χ3v) is 2.26. The van der Waals surface area contributed by atoms with Gasteiger partial charge < -0.3 is 0 Å². The number of halogens is 3. The molecule has 0 bridgehead atoms. The van der Waals surface area contributed by atoms with Gasteiger partial charge in [-0.25, -0.2) is 0 Å². The molecular formula is C2H5F3OZn. The Balaban J connectivity index is 3.15. The van der Waals surface area contributed by atoms with Crippen LogP contribution in [-0.4, -0.2) is 6.61 Å². The van der Waals surface area contributed by atoms with E-state index < -0.39 is 16.6 Å². The van der Waals surface area contributed by atoms with Gasteiger partial charge >= 0.3 is 43.7 Å². The maximum absolute atomic E-state index is 11.1. The summed E-state index contributed by atoms with van der Waals surface area (Å²) in [6, 6.07) is 0. The van der Waals surface area contributed by atoms with Crippen LogP contribution in [0.25, 0.3) is 0 Å². The minimum absolute atomic E-state index is 0.219. The molecule has 0 aliphatic rings. The van der Waals surface area contributed by atoms with Crippen LogP contribution >= 0.6 is 0 Å². The summed E-state index contributed by atoms with van der Waals surface area (Å²) in [7, 11) is 0. The molecule has 0 N–H and O–H groups in total. The summed E-state index contributed by atoms with van der Waals surface area (Å²) >= 11 is -6.35. The predicted molar refractivity (Wildman–Crippen MR) is 15.0 cm³/mol. The Morgan fingerprint density at radius 3 is 1.86 bits per heavy atom. The van der Waals surface area contributed by atoms with Gasteiger partial charge in [0.05, 0.1) is 0 Å². The fraction of sp³-hybridized carbons (Fsp3) is 1.00. The van der Waals surface area contributed by atoms with Crippen LogP contribution < -0.4 is 0 Å². The van der Waals surface area contributed by atoms with E-state index in [0.717, 1.165) is 0 Å². The van der Waals surface area contributed by atoms with Crippen molar-refractivity contribution in [3.05, 3.63) is 0 Å². The van der Waals surface area contributed by atoms with Crippen molar-refractivity contribution in [2.45, 2.75) is 6.92 Å². The second-order valence-corrected chi connectivity index (χ2v) is 4.62. The molecule has 0 aliphatic heterocycles. The molecule has 0 unspecified atom stereocenters. The van der Waals surface area contributed by atoms with Crippen LogP contribution in [-0.2, 0) is 20.2 Å². The Morgan fingerprint density at radius 1 is 1.43 bits per heavy atom. The fourth-order valence-corrected chi connectivity index (χ4v) is 1.20. The van der Waals surface area contributed by atoms with E-state index in [2.05, 4.69) is 3.56 Å². The molecule has 0 atom stereocenters. The summed E-state index contributed by atoms with van der Waals surface area (Å²) in [5.41, 5.74) is 0. The molecule has 0 amide bonds. The first-order valence-corrected chi connectivity index (χ1v) is 6.66. The van der Waals surface area contributed by atoms with Crippen molar-refractivity contribution in [3.63, 3.8) is 0 Å². The minimum atomic E-state index is -6.35. The molecular weight excluding hydrogens is 162 g/mol. The second-order valence-electron chi connectivity index (χ2n) is 1.12. The van der Waals surface area contributed by atoms with Crippen molar-refractivity contribution in [3.8, 4) is 0 Å². The molecule has 0 saturated carbocycles. The van der Waals surface area contributed by atoms with Gasteiger partial charge in [-0.2, -0.15) is 0 Å². The zero-order chi connectivity index (χ0) is 5.91. The third-order valence-electron chi connectivity index (χ3n) is 0.436. The van der Waals surface area contributed by atoms with Gasteiger partial charge in [0, 0.05) is 0 Å². The van der Waals surface area contributed by atoms with Crippen LogP contribution in [0, 0.1) is 0 Å². The van der Waals surface area contributed by atoms with Crippen molar-refractivity contribution in [1.82, 2.24) is 0 Å². The number of rotatable bonds is 2. The van der Waals surface area contributed by atoms with E-state index in [1.807, 2.05) is 0 Å². The van der Waals surface area contributed by atoms with E-state index in [9.17, 15) is 9.95 Å². The first-order chi connectivity index (χ1) is 3.06. The van der Waals surface area contributed by atoms with E-state index in [1.165, 1.54) is 6.92 Å².